The molecule has 0 saturated heterocycles. The standard InChI is InChI=1S/C17H18O2/c1-18-16-10-14-8-7-12-5-3-4-6-13(12)9-15(14)11-17(16)19-2/h3-6,10-11H,7-9H2,1-2H3. The van der Waals surface area contributed by atoms with Crippen LogP contribution in [0.15, 0.2) is 36.4 Å². The molecule has 0 fully saturated rings. The molecule has 0 heterocycles. The molecule has 0 atom stereocenters. The fourth-order valence-corrected chi connectivity index (χ4v) is 2.81. The lowest BCUT2D eigenvalue weighted by molar-refractivity contribution is 0.354. The van der Waals surface area contributed by atoms with Crippen molar-refractivity contribution in [1.29, 1.82) is 0 Å². The van der Waals surface area contributed by atoms with Crippen LogP contribution in [0.3, 0.4) is 0 Å². The molecule has 0 aromatic heterocycles. The highest BCUT2D eigenvalue weighted by Crippen LogP contribution is 2.34. The van der Waals surface area contributed by atoms with E-state index in [9.17, 15) is 0 Å². The molecule has 3 rings (SSSR count). The van der Waals surface area contributed by atoms with Crippen LogP contribution in [0.25, 0.3) is 0 Å². The van der Waals surface area contributed by atoms with E-state index in [4.69, 9.17) is 9.47 Å². The van der Waals surface area contributed by atoms with Crippen LogP contribution in [0.4, 0.5) is 0 Å². The molecule has 19 heavy (non-hydrogen) atoms. The van der Waals surface area contributed by atoms with E-state index >= 15 is 0 Å². The van der Waals surface area contributed by atoms with E-state index < -0.39 is 0 Å². The summed E-state index contributed by atoms with van der Waals surface area (Å²) in [5, 5.41) is 0. The SMILES string of the molecule is COc1cc2c(cc1OC)Cc1ccccc1CC2. The van der Waals surface area contributed by atoms with E-state index in [2.05, 4.69) is 36.4 Å². The van der Waals surface area contributed by atoms with Crippen molar-refractivity contribution >= 4 is 0 Å². The predicted octanol–water partition coefficient (Wildman–Crippen LogP) is 3.39. The number of fused-ring (bicyclic) bond motifs is 2. The maximum atomic E-state index is 5.41. The second-order valence-electron chi connectivity index (χ2n) is 4.92. The Labute approximate surface area is 114 Å². The Morgan fingerprint density at radius 1 is 0.737 bits per heavy atom. The minimum Gasteiger partial charge on any atom is -0.493 e. The zero-order valence-electron chi connectivity index (χ0n) is 11.4. The van der Waals surface area contributed by atoms with Crippen molar-refractivity contribution in [2.75, 3.05) is 14.2 Å². The molecule has 2 aromatic rings. The van der Waals surface area contributed by atoms with Crippen LogP contribution in [-0.4, -0.2) is 14.2 Å². The highest BCUT2D eigenvalue weighted by molar-refractivity contribution is 5.50. The molecule has 98 valence electrons. The first kappa shape index (κ1) is 12.1. The molecule has 0 N–H and O–H groups in total. The van der Waals surface area contributed by atoms with Gasteiger partial charge in [0.1, 0.15) is 0 Å². The predicted molar refractivity (Wildman–Crippen MR) is 76.2 cm³/mol. The monoisotopic (exact) mass is 254 g/mol. The van der Waals surface area contributed by atoms with Crippen LogP contribution in [-0.2, 0) is 19.3 Å². The van der Waals surface area contributed by atoms with Gasteiger partial charge in [0.2, 0.25) is 0 Å². The van der Waals surface area contributed by atoms with Crippen LogP contribution in [0, 0.1) is 0 Å². The van der Waals surface area contributed by atoms with Gasteiger partial charge in [0, 0.05) is 0 Å². The van der Waals surface area contributed by atoms with Crippen molar-refractivity contribution in [1.82, 2.24) is 0 Å². The maximum absolute atomic E-state index is 5.41. The second kappa shape index (κ2) is 4.96. The van der Waals surface area contributed by atoms with Gasteiger partial charge < -0.3 is 9.47 Å². The Balaban J connectivity index is 2.07. The van der Waals surface area contributed by atoms with Crippen LogP contribution < -0.4 is 9.47 Å². The summed E-state index contributed by atoms with van der Waals surface area (Å²) < 4.78 is 10.8. The molecule has 2 heteroatoms. The molecular weight excluding hydrogens is 236 g/mol. The van der Waals surface area contributed by atoms with E-state index in [-0.39, 0.29) is 0 Å². The topological polar surface area (TPSA) is 18.5 Å². The van der Waals surface area contributed by atoms with Crippen molar-refractivity contribution < 1.29 is 9.47 Å². The zero-order valence-corrected chi connectivity index (χ0v) is 11.4. The Kier molecular flexibility index (Phi) is 3.16. The summed E-state index contributed by atoms with van der Waals surface area (Å²) in [6.07, 6.45) is 3.14. The normalized spacial score (nSPS) is 13.2. The third kappa shape index (κ3) is 2.19. The zero-order chi connectivity index (χ0) is 13.2. The van der Waals surface area contributed by atoms with E-state index in [1.54, 1.807) is 14.2 Å². The number of benzene rings is 2. The molecule has 1 aliphatic carbocycles. The lowest BCUT2D eigenvalue weighted by atomic mass is 10.00. The molecule has 0 saturated carbocycles. The maximum Gasteiger partial charge on any atom is 0.161 e. The van der Waals surface area contributed by atoms with Gasteiger partial charge in [0.25, 0.3) is 0 Å². The van der Waals surface area contributed by atoms with Gasteiger partial charge in [-0.25, -0.2) is 0 Å². The third-order valence-electron chi connectivity index (χ3n) is 3.87. The molecule has 2 aromatic carbocycles. The van der Waals surface area contributed by atoms with E-state index in [0.29, 0.717) is 0 Å². The van der Waals surface area contributed by atoms with Gasteiger partial charge in [-0.1, -0.05) is 24.3 Å². The summed E-state index contributed by atoms with van der Waals surface area (Å²) in [5.41, 5.74) is 5.60. The van der Waals surface area contributed by atoms with Gasteiger partial charge in [-0.05, 0) is 53.6 Å². The average molecular weight is 254 g/mol. The fraction of sp³-hybridized carbons (Fsp3) is 0.294. The highest BCUT2D eigenvalue weighted by Gasteiger charge is 2.16. The first-order valence-electron chi connectivity index (χ1n) is 6.62. The first-order valence-corrected chi connectivity index (χ1v) is 6.62. The summed E-state index contributed by atoms with van der Waals surface area (Å²) in [7, 11) is 3.38. The summed E-state index contributed by atoms with van der Waals surface area (Å²) in [5.74, 6) is 1.65. The second-order valence-corrected chi connectivity index (χ2v) is 4.92. The number of hydrogen-bond donors (Lipinski definition) is 0. The Bertz CT molecular complexity index is 602. The van der Waals surface area contributed by atoms with Gasteiger partial charge in [0.15, 0.2) is 11.5 Å². The number of methoxy groups -OCH3 is 2. The average Bonchev–Trinajstić information content (AvgIpc) is 2.64. The number of aryl methyl sites for hydroxylation is 2. The van der Waals surface area contributed by atoms with E-state index in [0.717, 1.165) is 30.8 Å². The summed E-state index contributed by atoms with van der Waals surface area (Å²) >= 11 is 0. The van der Waals surface area contributed by atoms with E-state index in [1.807, 2.05) is 0 Å². The lowest BCUT2D eigenvalue weighted by Crippen LogP contribution is -1.97. The minimum absolute atomic E-state index is 0.820. The quantitative estimate of drug-likeness (QED) is 0.818. The third-order valence-corrected chi connectivity index (χ3v) is 3.87. The minimum atomic E-state index is 0.820. The van der Waals surface area contributed by atoms with E-state index in [1.165, 1.54) is 22.3 Å². The summed E-state index contributed by atoms with van der Waals surface area (Å²) in [6.45, 7) is 0. The molecule has 2 nitrogen and oxygen atoms in total. The van der Waals surface area contributed by atoms with Crippen molar-refractivity contribution in [3.63, 3.8) is 0 Å². The fourth-order valence-electron chi connectivity index (χ4n) is 2.81. The number of hydrogen-bond acceptors (Lipinski definition) is 2. The van der Waals surface area contributed by atoms with Crippen molar-refractivity contribution in [3.05, 3.63) is 58.7 Å². The molecule has 0 spiro atoms. The molecular formula is C17H18O2. The van der Waals surface area contributed by atoms with Crippen LogP contribution in [0.5, 0.6) is 11.5 Å². The van der Waals surface area contributed by atoms with Crippen LogP contribution in [0.2, 0.25) is 0 Å². The molecule has 0 aliphatic heterocycles. The van der Waals surface area contributed by atoms with Gasteiger partial charge in [-0.2, -0.15) is 0 Å². The van der Waals surface area contributed by atoms with Crippen molar-refractivity contribution in [2.24, 2.45) is 0 Å². The van der Waals surface area contributed by atoms with Gasteiger partial charge >= 0.3 is 0 Å². The Morgan fingerprint density at radius 2 is 1.32 bits per heavy atom. The van der Waals surface area contributed by atoms with Crippen LogP contribution in [0.1, 0.15) is 22.3 Å². The van der Waals surface area contributed by atoms with Crippen LogP contribution >= 0.6 is 0 Å². The molecule has 0 amide bonds. The molecule has 1 aliphatic rings. The van der Waals surface area contributed by atoms with Crippen molar-refractivity contribution in [3.8, 4) is 11.5 Å². The number of rotatable bonds is 2. The molecule has 0 radical (unpaired) electrons. The summed E-state index contributed by atoms with van der Waals surface area (Å²) in [6, 6.07) is 12.9. The molecule has 0 bridgehead atoms. The van der Waals surface area contributed by atoms with Crippen molar-refractivity contribution in [2.45, 2.75) is 19.3 Å². The van der Waals surface area contributed by atoms with Gasteiger partial charge in [-0.3, -0.25) is 0 Å². The smallest absolute Gasteiger partial charge is 0.161 e. The summed E-state index contributed by atoms with van der Waals surface area (Å²) in [4.78, 5) is 0. The molecule has 0 unspecified atom stereocenters. The highest BCUT2D eigenvalue weighted by atomic mass is 16.5. The Morgan fingerprint density at radius 3 is 2.00 bits per heavy atom. The number of ether oxygens (including phenoxy) is 2. The van der Waals surface area contributed by atoms with Gasteiger partial charge in [-0.15, -0.1) is 0 Å². The lowest BCUT2D eigenvalue weighted by Gasteiger charge is -2.13. The first-order chi connectivity index (χ1) is 9.31. The largest absolute Gasteiger partial charge is 0.493 e. The Hall–Kier alpha value is -1.96. The van der Waals surface area contributed by atoms with Gasteiger partial charge in [0.05, 0.1) is 14.2 Å².